The van der Waals surface area contributed by atoms with Crippen molar-refractivity contribution in [2.24, 2.45) is 11.7 Å². The number of nitrogens with one attached hydrogen (secondary N) is 2. The first kappa shape index (κ1) is 29.6. The molecule has 0 spiro atoms. The van der Waals surface area contributed by atoms with Crippen LogP contribution in [0.4, 0.5) is 4.79 Å². The number of primary amides is 1. The van der Waals surface area contributed by atoms with Crippen molar-refractivity contribution in [2.75, 3.05) is 13.7 Å². The Bertz CT molecular complexity index is 1050. The normalized spacial score (nSPS) is 18.1. The van der Waals surface area contributed by atoms with Crippen LogP contribution in [-0.4, -0.2) is 66.0 Å². The Kier molecular flexibility index (Phi) is 9.66. The molecule has 0 aliphatic heterocycles. The van der Waals surface area contributed by atoms with Gasteiger partial charge in [0, 0.05) is 6.04 Å². The van der Waals surface area contributed by atoms with Gasteiger partial charge in [0.15, 0.2) is 0 Å². The number of esters is 1. The second-order valence-electron chi connectivity index (χ2n) is 10.4. The molecule has 11 nitrogen and oxygen atoms in total. The van der Waals surface area contributed by atoms with Gasteiger partial charge in [-0.1, -0.05) is 25.1 Å². The minimum atomic E-state index is -1.36. The van der Waals surface area contributed by atoms with E-state index in [9.17, 15) is 24.0 Å². The molecular weight excluding hydrogens is 480 g/mol. The average molecular weight is 519 g/mol. The quantitative estimate of drug-likeness (QED) is 0.397. The standard InChI is InChI=1S/C26H38N4O7/c1-14-9-8-10-17(16(14)3)22(23(33)28-13-21(32)36-7)30(19-11-15(19)2)24(34)18(12-20(27)31)29-25(35)37-26(4,5)6/h8-10,15,18-19,22H,11-13H2,1-7H3,(H2,27,31)(H,28,33)(H,29,35). The van der Waals surface area contributed by atoms with Crippen LogP contribution in [0.15, 0.2) is 18.2 Å². The average Bonchev–Trinajstić information content (AvgIpc) is 3.50. The summed E-state index contributed by atoms with van der Waals surface area (Å²) in [4.78, 5) is 65.1. The number of aryl methyl sites for hydroxylation is 1. The summed E-state index contributed by atoms with van der Waals surface area (Å²) in [6.07, 6.45) is -0.763. The third-order valence-corrected chi connectivity index (χ3v) is 6.18. The fraction of sp³-hybridized carbons (Fsp3) is 0.577. The molecule has 0 heterocycles. The summed E-state index contributed by atoms with van der Waals surface area (Å²) in [6.45, 7) is 10.3. The molecule has 11 heteroatoms. The summed E-state index contributed by atoms with van der Waals surface area (Å²) in [7, 11) is 1.20. The van der Waals surface area contributed by atoms with Gasteiger partial charge < -0.3 is 30.7 Å². The lowest BCUT2D eigenvalue weighted by Crippen LogP contribution is -2.55. The summed E-state index contributed by atoms with van der Waals surface area (Å²) < 4.78 is 9.91. The largest absolute Gasteiger partial charge is 0.468 e. The van der Waals surface area contributed by atoms with E-state index in [1.165, 1.54) is 12.0 Å². The van der Waals surface area contributed by atoms with Crippen molar-refractivity contribution in [3.8, 4) is 0 Å². The monoisotopic (exact) mass is 518 g/mol. The van der Waals surface area contributed by atoms with Crippen LogP contribution in [0.25, 0.3) is 0 Å². The number of ether oxygens (including phenoxy) is 2. The zero-order valence-electron chi connectivity index (χ0n) is 22.5. The lowest BCUT2D eigenvalue weighted by atomic mass is 9.94. The van der Waals surface area contributed by atoms with E-state index in [2.05, 4.69) is 15.4 Å². The molecule has 1 saturated carbocycles. The van der Waals surface area contributed by atoms with Crippen LogP contribution in [0.2, 0.25) is 0 Å². The van der Waals surface area contributed by atoms with Crippen molar-refractivity contribution in [2.45, 2.75) is 78.1 Å². The molecule has 37 heavy (non-hydrogen) atoms. The topological polar surface area (TPSA) is 157 Å². The number of amides is 4. The van der Waals surface area contributed by atoms with Crippen molar-refractivity contribution in [3.05, 3.63) is 34.9 Å². The van der Waals surface area contributed by atoms with E-state index >= 15 is 0 Å². The molecule has 0 saturated heterocycles. The van der Waals surface area contributed by atoms with Crippen LogP contribution in [-0.2, 0) is 28.7 Å². The van der Waals surface area contributed by atoms with Gasteiger partial charge in [-0.3, -0.25) is 19.2 Å². The van der Waals surface area contributed by atoms with E-state index in [1.807, 2.05) is 26.8 Å². The van der Waals surface area contributed by atoms with Gasteiger partial charge in [-0.2, -0.15) is 0 Å². The van der Waals surface area contributed by atoms with Crippen molar-refractivity contribution in [3.63, 3.8) is 0 Å². The molecule has 4 N–H and O–H groups in total. The maximum Gasteiger partial charge on any atom is 0.408 e. The van der Waals surface area contributed by atoms with Gasteiger partial charge >= 0.3 is 12.1 Å². The number of rotatable bonds is 10. The molecule has 1 aromatic rings. The van der Waals surface area contributed by atoms with E-state index in [1.54, 1.807) is 32.9 Å². The fourth-order valence-corrected chi connectivity index (χ4v) is 4.02. The highest BCUT2D eigenvalue weighted by Crippen LogP contribution is 2.41. The maximum atomic E-state index is 14.0. The van der Waals surface area contributed by atoms with Gasteiger partial charge in [0.25, 0.3) is 0 Å². The zero-order chi connectivity index (χ0) is 28.1. The number of carbonyl (C=O) groups excluding carboxylic acids is 5. The number of benzene rings is 1. The predicted octanol–water partition coefficient (Wildman–Crippen LogP) is 1.64. The Balaban J connectivity index is 2.54. The van der Waals surface area contributed by atoms with Gasteiger partial charge in [0.05, 0.1) is 13.5 Å². The number of hydrogen-bond acceptors (Lipinski definition) is 7. The Labute approximate surface area is 217 Å². The minimum Gasteiger partial charge on any atom is -0.468 e. The number of carbonyl (C=O) groups is 5. The van der Waals surface area contributed by atoms with Gasteiger partial charge in [-0.15, -0.1) is 0 Å². The summed E-state index contributed by atoms with van der Waals surface area (Å²) in [6, 6.07) is 2.56. The molecule has 1 aliphatic rings. The molecule has 1 aliphatic carbocycles. The molecule has 4 unspecified atom stereocenters. The molecule has 4 amide bonds. The van der Waals surface area contributed by atoms with E-state index in [-0.39, 0.29) is 18.5 Å². The van der Waals surface area contributed by atoms with E-state index in [0.29, 0.717) is 12.0 Å². The van der Waals surface area contributed by atoms with Crippen molar-refractivity contribution in [1.82, 2.24) is 15.5 Å². The molecule has 1 aromatic carbocycles. The Hall–Kier alpha value is -3.63. The first-order valence-corrected chi connectivity index (χ1v) is 12.2. The molecule has 204 valence electrons. The summed E-state index contributed by atoms with van der Waals surface area (Å²) in [5.74, 6) is -2.64. The molecule has 2 rings (SSSR count). The Morgan fingerprint density at radius 2 is 1.78 bits per heavy atom. The molecule has 1 fully saturated rings. The summed E-state index contributed by atoms with van der Waals surface area (Å²) in [5, 5.41) is 5.01. The molecule has 0 aromatic heterocycles. The lowest BCUT2D eigenvalue weighted by Gasteiger charge is -2.35. The first-order valence-electron chi connectivity index (χ1n) is 12.2. The van der Waals surface area contributed by atoms with Crippen molar-refractivity contribution < 1.29 is 33.4 Å². The smallest absolute Gasteiger partial charge is 0.408 e. The predicted molar refractivity (Wildman–Crippen MR) is 135 cm³/mol. The van der Waals surface area contributed by atoms with Crippen LogP contribution in [0.1, 0.15) is 63.3 Å². The second kappa shape index (κ2) is 12.1. The van der Waals surface area contributed by atoms with Crippen LogP contribution < -0.4 is 16.4 Å². The second-order valence-corrected chi connectivity index (χ2v) is 10.4. The van der Waals surface area contributed by atoms with Gasteiger partial charge in [-0.25, -0.2) is 4.79 Å². The number of methoxy groups -OCH3 is 1. The molecule has 0 radical (unpaired) electrons. The maximum absolute atomic E-state index is 14.0. The first-order chi connectivity index (χ1) is 17.2. The zero-order valence-corrected chi connectivity index (χ0v) is 22.5. The third-order valence-electron chi connectivity index (χ3n) is 6.18. The van der Waals surface area contributed by atoms with E-state index in [0.717, 1.165) is 11.1 Å². The SMILES string of the molecule is COC(=O)CNC(=O)C(c1cccc(C)c1C)N(C(=O)C(CC(N)=O)NC(=O)OC(C)(C)C)C1CC1C. The highest BCUT2D eigenvalue weighted by atomic mass is 16.6. The van der Waals surface area contributed by atoms with Crippen LogP contribution in [0.3, 0.4) is 0 Å². The Morgan fingerprint density at radius 1 is 1.16 bits per heavy atom. The van der Waals surface area contributed by atoms with Crippen LogP contribution in [0, 0.1) is 19.8 Å². The number of alkyl carbamates (subject to hydrolysis) is 1. The molecule has 4 atom stereocenters. The highest BCUT2D eigenvalue weighted by Gasteiger charge is 2.48. The molecule has 0 bridgehead atoms. The lowest BCUT2D eigenvalue weighted by molar-refractivity contribution is -0.146. The van der Waals surface area contributed by atoms with Gasteiger partial charge in [-0.05, 0) is 63.6 Å². The van der Waals surface area contributed by atoms with Crippen LogP contribution >= 0.6 is 0 Å². The third kappa shape index (κ3) is 8.19. The number of nitrogens with zero attached hydrogens (tertiary/aromatic N) is 1. The highest BCUT2D eigenvalue weighted by molar-refractivity contribution is 5.95. The van der Waals surface area contributed by atoms with Crippen LogP contribution in [0.5, 0.6) is 0 Å². The molecular formula is C26H38N4O7. The van der Waals surface area contributed by atoms with Crippen molar-refractivity contribution >= 4 is 29.8 Å². The fourth-order valence-electron chi connectivity index (χ4n) is 4.02. The number of hydrogen-bond donors (Lipinski definition) is 3. The summed E-state index contributed by atoms with van der Waals surface area (Å²) in [5.41, 5.74) is 6.82. The Morgan fingerprint density at radius 3 is 2.30 bits per heavy atom. The minimum absolute atomic E-state index is 0.0701. The van der Waals surface area contributed by atoms with E-state index in [4.69, 9.17) is 10.5 Å². The van der Waals surface area contributed by atoms with Gasteiger partial charge in [0.1, 0.15) is 24.2 Å². The summed E-state index contributed by atoms with van der Waals surface area (Å²) >= 11 is 0. The van der Waals surface area contributed by atoms with Gasteiger partial charge in [0.2, 0.25) is 17.7 Å². The van der Waals surface area contributed by atoms with Crippen molar-refractivity contribution in [1.29, 1.82) is 0 Å². The van der Waals surface area contributed by atoms with E-state index < -0.39 is 53.9 Å². The number of nitrogens with two attached hydrogens (primary N) is 1.